The lowest BCUT2D eigenvalue weighted by atomic mass is 10.1. The molecule has 0 aliphatic carbocycles. The molecule has 0 aliphatic heterocycles. The summed E-state index contributed by atoms with van der Waals surface area (Å²) in [5.41, 5.74) is -0.311. The second-order valence-electron chi connectivity index (χ2n) is 3.74. The molecule has 0 unspecified atom stereocenters. The van der Waals surface area contributed by atoms with Gasteiger partial charge in [0.05, 0.1) is 13.2 Å². The summed E-state index contributed by atoms with van der Waals surface area (Å²) in [6, 6.07) is 0. The monoisotopic (exact) mass is 189 g/mol. The second-order valence-corrected chi connectivity index (χ2v) is 3.74. The van der Waals surface area contributed by atoms with Crippen LogP contribution in [0.3, 0.4) is 0 Å². The Morgan fingerprint density at radius 1 is 1.46 bits per heavy atom. The minimum Gasteiger partial charge on any atom is -0.450 e. The fraction of sp³-hybridized carbons (Fsp3) is 0.889. The van der Waals surface area contributed by atoms with Crippen molar-refractivity contribution in [1.82, 2.24) is 4.90 Å². The van der Waals surface area contributed by atoms with Crippen molar-refractivity contribution in [2.75, 3.05) is 19.8 Å². The van der Waals surface area contributed by atoms with Crippen molar-refractivity contribution in [3.05, 3.63) is 0 Å². The molecule has 13 heavy (non-hydrogen) atoms. The molecular formula is C9H19NO3. The molecule has 1 amide bonds. The molecule has 4 nitrogen and oxygen atoms in total. The molecule has 0 rings (SSSR count). The normalized spacial score (nSPS) is 11.2. The van der Waals surface area contributed by atoms with Gasteiger partial charge in [-0.05, 0) is 27.7 Å². The van der Waals surface area contributed by atoms with Crippen LogP contribution in [0.1, 0.15) is 27.7 Å². The smallest absolute Gasteiger partial charge is 0.410 e. The first kappa shape index (κ1) is 12.2. The average Bonchev–Trinajstić information content (AvgIpc) is 1.98. The Morgan fingerprint density at radius 2 is 2.00 bits per heavy atom. The maximum atomic E-state index is 11.4. The fourth-order valence-corrected chi connectivity index (χ4v) is 1.00. The Morgan fingerprint density at radius 3 is 2.31 bits per heavy atom. The largest absolute Gasteiger partial charge is 0.450 e. The first-order valence-corrected chi connectivity index (χ1v) is 4.48. The number of ether oxygens (including phenoxy) is 1. The van der Waals surface area contributed by atoms with Crippen molar-refractivity contribution in [3.63, 3.8) is 0 Å². The van der Waals surface area contributed by atoms with Crippen LogP contribution < -0.4 is 0 Å². The van der Waals surface area contributed by atoms with Crippen LogP contribution in [0.15, 0.2) is 0 Å². The summed E-state index contributed by atoms with van der Waals surface area (Å²) in [5.74, 6) is 0. The van der Waals surface area contributed by atoms with Crippen molar-refractivity contribution in [2.24, 2.45) is 0 Å². The summed E-state index contributed by atoms with van der Waals surface area (Å²) in [6.07, 6.45) is -0.371. The van der Waals surface area contributed by atoms with Crippen molar-refractivity contribution in [3.8, 4) is 0 Å². The standard InChI is InChI=1S/C9H19NO3/c1-5-13-8(12)10(6-7-11)9(2,3)4/h11H,5-7H2,1-4H3. The van der Waals surface area contributed by atoms with E-state index in [1.165, 1.54) is 4.90 Å². The van der Waals surface area contributed by atoms with E-state index in [-0.39, 0.29) is 18.2 Å². The quantitative estimate of drug-likeness (QED) is 0.726. The van der Waals surface area contributed by atoms with E-state index in [1.54, 1.807) is 6.92 Å². The molecule has 0 fully saturated rings. The highest BCUT2D eigenvalue weighted by Gasteiger charge is 2.26. The molecule has 0 radical (unpaired) electrons. The third kappa shape index (κ3) is 4.12. The average molecular weight is 189 g/mol. The number of carbonyl (C=O) groups excluding carboxylic acids is 1. The Bertz CT molecular complexity index is 163. The predicted molar refractivity (Wildman–Crippen MR) is 50.6 cm³/mol. The van der Waals surface area contributed by atoms with Crippen molar-refractivity contribution in [1.29, 1.82) is 0 Å². The summed E-state index contributed by atoms with van der Waals surface area (Å²) in [4.78, 5) is 12.9. The molecule has 0 saturated carbocycles. The first-order valence-electron chi connectivity index (χ1n) is 4.48. The Balaban J connectivity index is 4.33. The van der Waals surface area contributed by atoms with E-state index in [0.29, 0.717) is 13.2 Å². The molecule has 0 atom stereocenters. The van der Waals surface area contributed by atoms with Crippen molar-refractivity contribution >= 4 is 6.09 Å². The van der Waals surface area contributed by atoms with Gasteiger partial charge in [-0.3, -0.25) is 0 Å². The molecule has 0 saturated heterocycles. The number of amides is 1. The van der Waals surface area contributed by atoms with Crippen LogP contribution >= 0.6 is 0 Å². The van der Waals surface area contributed by atoms with Crippen LogP contribution in [0.4, 0.5) is 4.79 Å². The highest BCUT2D eigenvalue weighted by Crippen LogP contribution is 2.13. The lowest BCUT2D eigenvalue weighted by molar-refractivity contribution is 0.0611. The third-order valence-electron chi connectivity index (χ3n) is 1.62. The van der Waals surface area contributed by atoms with Crippen LogP contribution in [-0.2, 0) is 4.74 Å². The SMILES string of the molecule is CCOC(=O)N(CCO)C(C)(C)C. The van der Waals surface area contributed by atoms with Gasteiger partial charge < -0.3 is 14.7 Å². The zero-order chi connectivity index (χ0) is 10.5. The van der Waals surface area contributed by atoms with Gasteiger partial charge >= 0.3 is 6.09 Å². The number of β-amino-alcohol motifs (C(OH)–C–C–N with tert-alkyl or cyclic N) is 1. The number of nitrogens with zero attached hydrogens (tertiary/aromatic N) is 1. The van der Waals surface area contributed by atoms with Gasteiger partial charge in [-0.1, -0.05) is 0 Å². The Hall–Kier alpha value is -0.770. The van der Waals surface area contributed by atoms with E-state index in [2.05, 4.69) is 0 Å². The summed E-state index contributed by atoms with van der Waals surface area (Å²) >= 11 is 0. The van der Waals surface area contributed by atoms with E-state index in [4.69, 9.17) is 9.84 Å². The molecule has 0 bridgehead atoms. The van der Waals surface area contributed by atoms with Crippen LogP contribution in [-0.4, -0.2) is 41.4 Å². The molecule has 0 aromatic rings. The minimum absolute atomic E-state index is 0.0456. The number of carbonyl (C=O) groups is 1. The highest BCUT2D eigenvalue weighted by molar-refractivity contribution is 5.68. The first-order chi connectivity index (χ1) is 5.93. The van der Waals surface area contributed by atoms with Crippen LogP contribution in [0.2, 0.25) is 0 Å². The number of hydrogen-bond donors (Lipinski definition) is 1. The Kier molecular flexibility index (Phi) is 4.77. The van der Waals surface area contributed by atoms with E-state index in [1.807, 2.05) is 20.8 Å². The molecule has 0 aliphatic rings. The van der Waals surface area contributed by atoms with E-state index in [9.17, 15) is 4.79 Å². The number of hydrogen-bond acceptors (Lipinski definition) is 3. The Labute approximate surface area is 79.5 Å². The number of rotatable bonds is 3. The van der Waals surface area contributed by atoms with Gasteiger partial charge in [0.25, 0.3) is 0 Å². The third-order valence-corrected chi connectivity index (χ3v) is 1.62. The van der Waals surface area contributed by atoms with Crippen LogP contribution in [0, 0.1) is 0 Å². The molecule has 0 aromatic heterocycles. The molecule has 4 heteroatoms. The topological polar surface area (TPSA) is 49.8 Å². The molecule has 0 aromatic carbocycles. The number of aliphatic hydroxyl groups excluding tert-OH is 1. The van der Waals surface area contributed by atoms with E-state index in [0.717, 1.165) is 0 Å². The zero-order valence-corrected chi connectivity index (χ0v) is 8.83. The fourth-order valence-electron chi connectivity index (χ4n) is 1.00. The molecular weight excluding hydrogens is 170 g/mol. The van der Waals surface area contributed by atoms with Crippen molar-refractivity contribution < 1.29 is 14.6 Å². The van der Waals surface area contributed by atoms with Crippen LogP contribution in [0.25, 0.3) is 0 Å². The van der Waals surface area contributed by atoms with Gasteiger partial charge in [0.1, 0.15) is 0 Å². The number of aliphatic hydroxyl groups is 1. The van der Waals surface area contributed by atoms with Crippen molar-refractivity contribution in [2.45, 2.75) is 33.2 Å². The molecule has 78 valence electrons. The zero-order valence-electron chi connectivity index (χ0n) is 8.83. The van der Waals surface area contributed by atoms with Gasteiger partial charge in [-0.15, -0.1) is 0 Å². The van der Waals surface area contributed by atoms with Gasteiger partial charge in [-0.25, -0.2) is 4.79 Å². The van der Waals surface area contributed by atoms with Crippen LogP contribution in [0.5, 0.6) is 0 Å². The molecule has 1 N–H and O–H groups in total. The summed E-state index contributed by atoms with van der Waals surface area (Å²) < 4.78 is 4.86. The maximum Gasteiger partial charge on any atom is 0.410 e. The van der Waals surface area contributed by atoms with E-state index >= 15 is 0 Å². The predicted octanol–water partition coefficient (Wildman–Crippen LogP) is 1.24. The minimum atomic E-state index is -0.371. The molecule has 0 spiro atoms. The summed E-state index contributed by atoms with van der Waals surface area (Å²) in [5, 5.41) is 8.77. The maximum absolute atomic E-state index is 11.4. The van der Waals surface area contributed by atoms with E-state index < -0.39 is 0 Å². The molecule has 0 heterocycles. The van der Waals surface area contributed by atoms with Gasteiger partial charge in [0, 0.05) is 12.1 Å². The lowest BCUT2D eigenvalue weighted by Gasteiger charge is -2.34. The lowest BCUT2D eigenvalue weighted by Crippen LogP contribution is -2.47. The summed E-state index contributed by atoms with van der Waals surface area (Å²) in [7, 11) is 0. The van der Waals surface area contributed by atoms with Gasteiger partial charge in [0.2, 0.25) is 0 Å². The second kappa shape index (κ2) is 5.07. The van der Waals surface area contributed by atoms with Gasteiger partial charge in [-0.2, -0.15) is 0 Å². The summed E-state index contributed by atoms with van der Waals surface area (Å²) in [6.45, 7) is 8.09. The van der Waals surface area contributed by atoms with Gasteiger partial charge in [0.15, 0.2) is 0 Å². The highest BCUT2D eigenvalue weighted by atomic mass is 16.6.